The molecule has 1 aromatic rings. The van der Waals surface area contributed by atoms with Gasteiger partial charge < -0.3 is 4.74 Å². The lowest BCUT2D eigenvalue weighted by molar-refractivity contribution is 0.111. The third-order valence-electron chi connectivity index (χ3n) is 4.05. The molecule has 0 N–H and O–H groups in total. The average molecular weight is 304 g/mol. The monoisotopic (exact) mass is 304 g/mol. The molecule has 1 rings (SSSR count). The molecule has 0 aliphatic carbocycles. The van der Waals surface area contributed by atoms with Gasteiger partial charge in [-0.25, -0.2) is 0 Å². The van der Waals surface area contributed by atoms with Gasteiger partial charge in [0, 0.05) is 0 Å². The zero-order chi connectivity index (χ0) is 15.9. The van der Waals surface area contributed by atoms with E-state index in [-0.39, 0.29) is 0 Å². The van der Waals surface area contributed by atoms with Crippen LogP contribution in [0.1, 0.15) is 87.9 Å². The Kier molecular flexibility index (Phi) is 11.4. The second-order valence-corrected chi connectivity index (χ2v) is 6.04. The lowest BCUT2D eigenvalue weighted by Gasteiger charge is -2.08. The second kappa shape index (κ2) is 13.4. The summed E-state index contributed by atoms with van der Waals surface area (Å²) in [6.45, 7) is 2.98. The highest BCUT2D eigenvalue weighted by atomic mass is 16.5. The molecule has 0 atom stereocenters. The quantitative estimate of drug-likeness (QED) is 0.302. The smallest absolute Gasteiger partial charge is 0.153 e. The molecule has 0 aliphatic heterocycles. The molecule has 0 aliphatic rings. The van der Waals surface area contributed by atoms with Gasteiger partial charge in [0.2, 0.25) is 0 Å². The number of carbonyl (C=O) groups excluding carboxylic acids is 1. The molecule has 2 nitrogen and oxygen atoms in total. The molecule has 0 amide bonds. The lowest BCUT2D eigenvalue weighted by atomic mass is 10.1. The van der Waals surface area contributed by atoms with Gasteiger partial charge in [-0.15, -0.1) is 0 Å². The van der Waals surface area contributed by atoms with Crippen LogP contribution in [0, 0.1) is 0 Å². The largest absolute Gasteiger partial charge is 0.493 e. The van der Waals surface area contributed by atoms with Crippen molar-refractivity contribution in [1.29, 1.82) is 0 Å². The predicted octanol–water partition coefficient (Wildman–Crippen LogP) is 6.19. The Hall–Kier alpha value is -1.31. The second-order valence-electron chi connectivity index (χ2n) is 6.04. The Morgan fingerprint density at radius 2 is 1.36 bits per heavy atom. The molecular weight excluding hydrogens is 272 g/mol. The Morgan fingerprint density at radius 3 is 1.95 bits per heavy atom. The molecule has 22 heavy (non-hydrogen) atoms. The summed E-state index contributed by atoms with van der Waals surface area (Å²) in [6, 6.07) is 7.42. The van der Waals surface area contributed by atoms with Gasteiger partial charge in [-0.05, 0) is 18.6 Å². The summed E-state index contributed by atoms with van der Waals surface area (Å²) in [4.78, 5) is 10.9. The topological polar surface area (TPSA) is 26.3 Å². The fraction of sp³-hybridized carbons (Fsp3) is 0.650. The summed E-state index contributed by atoms with van der Waals surface area (Å²) >= 11 is 0. The first kappa shape index (κ1) is 18.7. The zero-order valence-electron chi connectivity index (χ0n) is 14.2. The molecule has 124 valence electrons. The van der Waals surface area contributed by atoms with Gasteiger partial charge in [-0.1, -0.05) is 83.3 Å². The molecule has 0 saturated carbocycles. The fourth-order valence-electron chi connectivity index (χ4n) is 2.66. The van der Waals surface area contributed by atoms with Crippen LogP contribution in [0.4, 0.5) is 0 Å². The fourth-order valence-corrected chi connectivity index (χ4v) is 2.66. The van der Waals surface area contributed by atoms with Gasteiger partial charge in [0.25, 0.3) is 0 Å². The number of hydrogen-bond acceptors (Lipinski definition) is 2. The van der Waals surface area contributed by atoms with Crippen molar-refractivity contribution in [3.05, 3.63) is 29.8 Å². The van der Waals surface area contributed by atoms with Crippen LogP contribution in [0.15, 0.2) is 24.3 Å². The molecule has 0 bridgehead atoms. The van der Waals surface area contributed by atoms with Gasteiger partial charge in [0.1, 0.15) is 5.75 Å². The Balaban J connectivity index is 1.90. The van der Waals surface area contributed by atoms with Crippen molar-refractivity contribution in [1.82, 2.24) is 0 Å². The van der Waals surface area contributed by atoms with Crippen molar-refractivity contribution in [2.24, 2.45) is 0 Å². The molecule has 2 heteroatoms. The van der Waals surface area contributed by atoms with E-state index >= 15 is 0 Å². The molecule has 0 fully saturated rings. The first-order valence-electron chi connectivity index (χ1n) is 9.05. The van der Waals surface area contributed by atoms with Crippen molar-refractivity contribution in [2.45, 2.75) is 77.6 Å². The minimum absolute atomic E-state index is 0.644. The summed E-state index contributed by atoms with van der Waals surface area (Å²) in [5.74, 6) is 0.713. The lowest BCUT2D eigenvalue weighted by Crippen LogP contribution is -1.99. The van der Waals surface area contributed by atoms with E-state index in [4.69, 9.17) is 4.74 Å². The maximum Gasteiger partial charge on any atom is 0.153 e. The van der Waals surface area contributed by atoms with Crippen LogP contribution in [0.5, 0.6) is 5.75 Å². The van der Waals surface area contributed by atoms with Crippen molar-refractivity contribution >= 4 is 6.29 Å². The summed E-state index contributed by atoms with van der Waals surface area (Å²) in [7, 11) is 0. The maximum absolute atomic E-state index is 10.9. The van der Waals surface area contributed by atoms with Gasteiger partial charge in [-0.3, -0.25) is 4.79 Å². The zero-order valence-corrected chi connectivity index (χ0v) is 14.2. The number of hydrogen-bond donors (Lipinski definition) is 0. The number of para-hydroxylation sites is 1. The normalized spacial score (nSPS) is 10.6. The molecule has 0 unspecified atom stereocenters. The van der Waals surface area contributed by atoms with Crippen LogP contribution in [0.25, 0.3) is 0 Å². The number of carbonyl (C=O) groups is 1. The van der Waals surface area contributed by atoms with E-state index in [9.17, 15) is 4.79 Å². The van der Waals surface area contributed by atoms with E-state index in [1.54, 1.807) is 6.07 Å². The van der Waals surface area contributed by atoms with E-state index < -0.39 is 0 Å². The van der Waals surface area contributed by atoms with Crippen LogP contribution < -0.4 is 4.74 Å². The van der Waals surface area contributed by atoms with Gasteiger partial charge in [-0.2, -0.15) is 0 Å². The molecular formula is C20H32O2. The number of aldehydes is 1. The van der Waals surface area contributed by atoms with Gasteiger partial charge >= 0.3 is 0 Å². The van der Waals surface area contributed by atoms with Crippen molar-refractivity contribution in [3.8, 4) is 5.75 Å². The number of ether oxygens (including phenoxy) is 1. The van der Waals surface area contributed by atoms with Crippen molar-refractivity contribution in [2.75, 3.05) is 6.61 Å². The van der Waals surface area contributed by atoms with Crippen molar-refractivity contribution < 1.29 is 9.53 Å². The average Bonchev–Trinajstić information content (AvgIpc) is 2.56. The first-order chi connectivity index (χ1) is 10.9. The van der Waals surface area contributed by atoms with E-state index in [0.717, 1.165) is 12.7 Å². The maximum atomic E-state index is 10.9. The number of unbranched alkanes of at least 4 members (excludes halogenated alkanes) is 10. The van der Waals surface area contributed by atoms with Crippen LogP contribution in [-0.2, 0) is 0 Å². The Bertz CT molecular complexity index is 387. The SMILES string of the molecule is CCCCCCCCCCCCCOc1ccccc1C=O. The molecule has 0 radical (unpaired) electrons. The predicted molar refractivity (Wildman–Crippen MR) is 93.8 cm³/mol. The molecule has 0 heterocycles. The van der Waals surface area contributed by atoms with Crippen LogP contribution in [0.2, 0.25) is 0 Å². The first-order valence-corrected chi connectivity index (χ1v) is 9.05. The summed E-state index contributed by atoms with van der Waals surface area (Å²) < 4.78 is 5.68. The molecule has 0 spiro atoms. The van der Waals surface area contributed by atoms with Crippen molar-refractivity contribution in [3.63, 3.8) is 0 Å². The Labute approximate surface area is 136 Å². The summed E-state index contributed by atoms with van der Waals surface area (Å²) in [5.41, 5.74) is 0.644. The van der Waals surface area contributed by atoms with E-state index in [1.165, 1.54) is 64.2 Å². The molecule has 0 saturated heterocycles. The molecule has 1 aromatic carbocycles. The van der Waals surface area contributed by atoms with Crippen LogP contribution in [-0.4, -0.2) is 12.9 Å². The highest BCUT2D eigenvalue weighted by molar-refractivity contribution is 5.79. The summed E-state index contributed by atoms with van der Waals surface area (Å²) in [5, 5.41) is 0. The van der Waals surface area contributed by atoms with Gasteiger partial charge in [0.15, 0.2) is 6.29 Å². The third kappa shape index (κ3) is 8.86. The highest BCUT2D eigenvalue weighted by Gasteiger charge is 2.00. The van der Waals surface area contributed by atoms with E-state index in [0.29, 0.717) is 17.9 Å². The third-order valence-corrected chi connectivity index (χ3v) is 4.05. The van der Waals surface area contributed by atoms with Crippen LogP contribution >= 0.6 is 0 Å². The van der Waals surface area contributed by atoms with E-state index in [2.05, 4.69) is 6.92 Å². The van der Waals surface area contributed by atoms with Crippen LogP contribution in [0.3, 0.4) is 0 Å². The molecule has 0 aromatic heterocycles. The minimum Gasteiger partial charge on any atom is -0.493 e. The Morgan fingerprint density at radius 1 is 0.818 bits per heavy atom. The number of benzene rings is 1. The minimum atomic E-state index is 0.644. The van der Waals surface area contributed by atoms with Gasteiger partial charge in [0.05, 0.1) is 12.2 Å². The highest BCUT2D eigenvalue weighted by Crippen LogP contribution is 2.16. The standard InChI is InChI=1S/C20H32O2/c1-2-3-4-5-6-7-8-9-10-11-14-17-22-20-16-13-12-15-19(20)18-21/h12-13,15-16,18H,2-11,14,17H2,1H3. The summed E-state index contributed by atoms with van der Waals surface area (Å²) in [6.07, 6.45) is 15.5. The van der Waals surface area contributed by atoms with E-state index in [1.807, 2.05) is 18.2 Å². The number of rotatable bonds is 14.